The number of hydrogen-bond donors (Lipinski definition) is 1. The molecule has 0 aromatic carbocycles. The van der Waals surface area contributed by atoms with Crippen molar-refractivity contribution in [1.29, 1.82) is 0 Å². The largest absolute Gasteiger partial charge is 0.481 e. The number of rotatable bonds is 3. The molecule has 1 N–H and O–H groups in total. The Labute approximate surface area is 58.4 Å². The number of likely N-dealkylation sites (tertiary alicyclic amines) is 1. The van der Waals surface area contributed by atoms with E-state index in [9.17, 15) is 9.59 Å². The standard InChI is InChI=1S/C6H8NO3/c8-2-1-7-3-5(4-7)6(9)10/h5H,1,3-4H2,(H,9,10). The normalized spacial score (nSPS) is 20.0. The van der Waals surface area contributed by atoms with Gasteiger partial charge < -0.3 is 5.11 Å². The van der Waals surface area contributed by atoms with Crippen LogP contribution in [0.1, 0.15) is 0 Å². The summed E-state index contributed by atoms with van der Waals surface area (Å²) >= 11 is 0. The first-order chi connectivity index (χ1) is 4.74. The Bertz CT molecular complexity index is 151. The van der Waals surface area contributed by atoms with Gasteiger partial charge in [-0.25, -0.2) is 0 Å². The van der Waals surface area contributed by atoms with Crippen LogP contribution in [0.2, 0.25) is 0 Å². The third-order valence-electron chi connectivity index (χ3n) is 1.59. The van der Waals surface area contributed by atoms with Gasteiger partial charge in [-0.15, -0.1) is 0 Å². The van der Waals surface area contributed by atoms with Crippen molar-refractivity contribution < 1.29 is 14.7 Å². The van der Waals surface area contributed by atoms with Crippen molar-refractivity contribution >= 4 is 12.3 Å². The fourth-order valence-corrected chi connectivity index (χ4v) is 0.946. The molecule has 0 aromatic heterocycles. The van der Waals surface area contributed by atoms with E-state index in [1.165, 1.54) is 0 Å². The van der Waals surface area contributed by atoms with Crippen LogP contribution in [-0.4, -0.2) is 41.9 Å². The first kappa shape index (κ1) is 7.21. The Hall–Kier alpha value is -0.900. The van der Waals surface area contributed by atoms with Crippen LogP contribution in [0, 0.1) is 5.92 Å². The zero-order chi connectivity index (χ0) is 7.56. The number of nitrogens with zero attached hydrogens (tertiary/aromatic N) is 1. The van der Waals surface area contributed by atoms with Gasteiger partial charge in [-0.2, -0.15) is 0 Å². The molecule has 55 valence electrons. The Morgan fingerprint density at radius 3 is 2.70 bits per heavy atom. The number of aliphatic carboxylic acids is 1. The van der Waals surface area contributed by atoms with Crippen molar-refractivity contribution in [3.8, 4) is 0 Å². The topological polar surface area (TPSA) is 57.6 Å². The fraction of sp³-hybridized carbons (Fsp3) is 0.667. The molecule has 1 rings (SSSR count). The van der Waals surface area contributed by atoms with Crippen LogP contribution < -0.4 is 0 Å². The third-order valence-corrected chi connectivity index (χ3v) is 1.59. The highest BCUT2D eigenvalue weighted by atomic mass is 16.4. The Morgan fingerprint density at radius 1 is 1.70 bits per heavy atom. The van der Waals surface area contributed by atoms with Crippen molar-refractivity contribution in [3.63, 3.8) is 0 Å². The lowest BCUT2D eigenvalue weighted by atomic mass is 10.0. The summed E-state index contributed by atoms with van der Waals surface area (Å²) in [6.45, 7) is 1.22. The first-order valence-corrected chi connectivity index (χ1v) is 3.04. The van der Waals surface area contributed by atoms with Gasteiger partial charge in [0, 0.05) is 13.1 Å². The summed E-state index contributed by atoms with van der Waals surface area (Å²) in [5, 5.41) is 8.39. The molecule has 10 heavy (non-hydrogen) atoms. The van der Waals surface area contributed by atoms with Crippen molar-refractivity contribution in [3.05, 3.63) is 0 Å². The second kappa shape index (κ2) is 2.79. The zero-order valence-electron chi connectivity index (χ0n) is 5.41. The maximum absolute atomic E-state index is 10.2. The molecular formula is C6H8NO3. The maximum atomic E-state index is 10.2. The number of carboxylic acids is 1. The Kier molecular flexibility index (Phi) is 2.01. The van der Waals surface area contributed by atoms with Crippen LogP contribution in [0.15, 0.2) is 0 Å². The SMILES string of the molecule is O=[C]CN1CC(C(=O)O)C1. The van der Waals surface area contributed by atoms with Gasteiger partial charge in [0.1, 0.15) is 0 Å². The van der Waals surface area contributed by atoms with Crippen molar-refractivity contribution in [2.75, 3.05) is 19.6 Å². The predicted octanol–water partition coefficient (Wildman–Crippen LogP) is -0.887. The zero-order valence-corrected chi connectivity index (χ0v) is 5.41. The lowest BCUT2D eigenvalue weighted by Crippen LogP contribution is -2.50. The van der Waals surface area contributed by atoms with Gasteiger partial charge >= 0.3 is 5.97 Å². The Morgan fingerprint density at radius 2 is 2.30 bits per heavy atom. The molecule has 1 fully saturated rings. The van der Waals surface area contributed by atoms with Crippen LogP contribution in [0.5, 0.6) is 0 Å². The highest BCUT2D eigenvalue weighted by Gasteiger charge is 2.31. The molecule has 0 bridgehead atoms. The molecule has 0 aliphatic carbocycles. The number of carboxylic acid groups (broad SMARTS) is 1. The van der Waals surface area contributed by atoms with Crippen LogP contribution in [0.25, 0.3) is 0 Å². The summed E-state index contributed by atoms with van der Waals surface area (Å²) in [4.78, 5) is 21.7. The minimum atomic E-state index is -0.776. The molecule has 0 spiro atoms. The molecule has 4 nitrogen and oxygen atoms in total. The lowest BCUT2D eigenvalue weighted by Gasteiger charge is -2.34. The van der Waals surface area contributed by atoms with E-state index < -0.39 is 5.97 Å². The van der Waals surface area contributed by atoms with E-state index >= 15 is 0 Å². The molecule has 4 heteroatoms. The summed E-state index contributed by atoms with van der Waals surface area (Å²) in [7, 11) is 0. The summed E-state index contributed by atoms with van der Waals surface area (Å²) in [5.41, 5.74) is 0. The summed E-state index contributed by atoms with van der Waals surface area (Å²) in [6.07, 6.45) is 1.71. The highest BCUT2D eigenvalue weighted by Crippen LogP contribution is 2.13. The highest BCUT2D eigenvalue weighted by molar-refractivity contribution is 5.72. The summed E-state index contributed by atoms with van der Waals surface area (Å²) in [6, 6.07) is 0. The molecule has 1 aliphatic heterocycles. The van der Waals surface area contributed by atoms with Crippen molar-refractivity contribution in [1.82, 2.24) is 4.90 Å². The number of carbonyl (C=O) groups excluding carboxylic acids is 1. The average molecular weight is 142 g/mol. The molecule has 1 saturated heterocycles. The predicted molar refractivity (Wildman–Crippen MR) is 33.3 cm³/mol. The van der Waals surface area contributed by atoms with E-state index in [1.807, 2.05) is 0 Å². The average Bonchev–Trinajstić information content (AvgIpc) is 1.76. The van der Waals surface area contributed by atoms with E-state index in [2.05, 4.69) is 0 Å². The van der Waals surface area contributed by atoms with E-state index in [0.29, 0.717) is 13.1 Å². The van der Waals surface area contributed by atoms with Crippen LogP contribution in [0.4, 0.5) is 0 Å². The van der Waals surface area contributed by atoms with Gasteiger partial charge in [-0.1, -0.05) is 0 Å². The van der Waals surface area contributed by atoms with Gasteiger partial charge in [0.05, 0.1) is 12.5 Å². The van der Waals surface area contributed by atoms with Gasteiger partial charge in [0.2, 0.25) is 6.29 Å². The minimum Gasteiger partial charge on any atom is -0.481 e. The minimum absolute atomic E-state index is 0.240. The van der Waals surface area contributed by atoms with E-state index in [4.69, 9.17) is 5.11 Å². The van der Waals surface area contributed by atoms with Crippen LogP contribution in [0.3, 0.4) is 0 Å². The van der Waals surface area contributed by atoms with Crippen LogP contribution >= 0.6 is 0 Å². The molecular weight excluding hydrogens is 134 g/mol. The van der Waals surface area contributed by atoms with Crippen LogP contribution in [-0.2, 0) is 9.59 Å². The molecule has 1 aliphatic rings. The lowest BCUT2D eigenvalue weighted by molar-refractivity contribution is -0.147. The fourth-order valence-electron chi connectivity index (χ4n) is 0.946. The van der Waals surface area contributed by atoms with Gasteiger partial charge in [0.25, 0.3) is 0 Å². The summed E-state index contributed by atoms with van der Waals surface area (Å²) in [5.74, 6) is -1.05. The molecule has 0 atom stereocenters. The molecule has 0 saturated carbocycles. The van der Waals surface area contributed by atoms with Gasteiger partial charge in [-0.3, -0.25) is 14.5 Å². The van der Waals surface area contributed by atoms with Crippen molar-refractivity contribution in [2.45, 2.75) is 0 Å². The Balaban J connectivity index is 2.17. The van der Waals surface area contributed by atoms with Crippen molar-refractivity contribution in [2.24, 2.45) is 5.92 Å². The molecule has 1 radical (unpaired) electrons. The first-order valence-electron chi connectivity index (χ1n) is 3.04. The number of carbonyl (C=O) groups is 1. The van der Waals surface area contributed by atoms with E-state index in [0.717, 1.165) is 0 Å². The number of hydrogen-bond acceptors (Lipinski definition) is 3. The maximum Gasteiger partial charge on any atom is 0.309 e. The molecule has 0 aromatic rings. The molecule has 0 amide bonds. The molecule has 1 heterocycles. The quantitative estimate of drug-likeness (QED) is 0.555. The second-order valence-corrected chi connectivity index (χ2v) is 2.37. The smallest absolute Gasteiger partial charge is 0.309 e. The van der Waals surface area contributed by atoms with Gasteiger partial charge in [-0.05, 0) is 0 Å². The second-order valence-electron chi connectivity index (χ2n) is 2.37. The summed E-state index contributed by atoms with van der Waals surface area (Å²) < 4.78 is 0. The van der Waals surface area contributed by atoms with E-state index in [-0.39, 0.29) is 12.5 Å². The third kappa shape index (κ3) is 1.33. The monoisotopic (exact) mass is 142 g/mol. The molecule has 0 unspecified atom stereocenters. The van der Waals surface area contributed by atoms with E-state index in [1.54, 1.807) is 11.2 Å². The van der Waals surface area contributed by atoms with Gasteiger partial charge in [0.15, 0.2) is 0 Å².